The first kappa shape index (κ1) is 21.4. The van der Waals surface area contributed by atoms with E-state index in [9.17, 15) is 0 Å². The van der Waals surface area contributed by atoms with E-state index in [2.05, 4.69) is 129 Å². The van der Waals surface area contributed by atoms with Crippen molar-refractivity contribution in [1.29, 1.82) is 0 Å². The molecule has 4 aromatic carbocycles. The van der Waals surface area contributed by atoms with Crippen LogP contribution in [-0.4, -0.2) is 4.98 Å². The maximum absolute atomic E-state index is 3.96. The maximum atomic E-state index is 3.96. The molecule has 0 amide bonds. The van der Waals surface area contributed by atoms with Crippen LogP contribution in [0.3, 0.4) is 0 Å². The van der Waals surface area contributed by atoms with Crippen LogP contribution in [0, 0.1) is 0 Å². The summed E-state index contributed by atoms with van der Waals surface area (Å²) in [6.07, 6.45) is 6.30. The highest BCUT2D eigenvalue weighted by molar-refractivity contribution is 6.11. The van der Waals surface area contributed by atoms with Crippen molar-refractivity contribution in [3.8, 4) is 22.3 Å². The summed E-state index contributed by atoms with van der Waals surface area (Å²) in [7, 11) is 0. The minimum Gasteiger partial charge on any atom is -0.354 e. The molecular formula is C34H29N. The first-order valence-electron chi connectivity index (χ1n) is 12.3. The topological polar surface area (TPSA) is 15.8 Å². The lowest BCUT2D eigenvalue weighted by Gasteiger charge is -2.24. The minimum atomic E-state index is -0.0653. The van der Waals surface area contributed by atoms with Crippen molar-refractivity contribution in [3.63, 3.8) is 0 Å². The van der Waals surface area contributed by atoms with E-state index >= 15 is 0 Å². The molecule has 1 N–H and O–H groups in total. The van der Waals surface area contributed by atoms with Crippen LogP contribution in [0.2, 0.25) is 0 Å². The molecule has 0 bridgehead atoms. The molecule has 1 aliphatic carbocycles. The SMILES string of the molecule is C=CC=C1/C(=C\C)C(C)(C)c2c1cccc2-c1ccc(-c2cccc3c2[nH]c2ccccc23)cc1. The Kier molecular flexibility index (Phi) is 4.89. The number of fused-ring (bicyclic) bond motifs is 4. The van der Waals surface area contributed by atoms with E-state index in [1.165, 1.54) is 66.3 Å². The Bertz CT molecular complexity index is 1670. The highest BCUT2D eigenvalue weighted by atomic mass is 14.7. The van der Waals surface area contributed by atoms with Crippen molar-refractivity contribution in [2.45, 2.75) is 26.2 Å². The number of benzene rings is 4. The number of aromatic amines is 1. The van der Waals surface area contributed by atoms with E-state index in [1.54, 1.807) is 0 Å². The molecule has 0 aliphatic heterocycles. The summed E-state index contributed by atoms with van der Waals surface area (Å²) in [6.45, 7) is 10.8. The second kappa shape index (κ2) is 7.99. The molecule has 1 aromatic heterocycles. The Morgan fingerprint density at radius 3 is 2.09 bits per heavy atom. The van der Waals surface area contributed by atoms with Gasteiger partial charge in [-0.05, 0) is 52.0 Å². The van der Waals surface area contributed by atoms with Gasteiger partial charge < -0.3 is 4.98 Å². The molecule has 0 radical (unpaired) electrons. The third kappa shape index (κ3) is 3.15. The average Bonchev–Trinajstić information content (AvgIpc) is 3.37. The van der Waals surface area contributed by atoms with Crippen LogP contribution in [0.15, 0.2) is 115 Å². The standard InChI is InChI=1S/C34H29N/c1-5-11-26-28-15-9-13-24(32(28)34(3,4)30(26)6-2)22-18-20-23(21-19-22)25-14-10-16-29-27-12-7-8-17-31(27)35-33(25)29/h5-21,35H,1H2,2-4H3/b26-11?,30-6+. The summed E-state index contributed by atoms with van der Waals surface area (Å²) in [5, 5.41) is 2.54. The molecule has 0 atom stereocenters. The lowest BCUT2D eigenvalue weighted by atomic mass is 9.78. The highest BCUT2D eigenvalue weighted by Gasteiger charge is 2.39. The molecule has 35 heavy (non-hydrogen) atoms. The first-order valence-corrected chi connectivity index (χ1v) is 12.3. The molecule has 1 heteroatoms. The molecule has 0 saturated heterocycles. The van der Waals surface area contributed by atoms with Gasteiger partial charge in [0.15, 0.2) is 0 Å². The number of hydrogen-bond donors (Lipinski definition) is 1. The zero-order valence-electron chi connectivity index (χ0n) is 20.5. The summed E-state index contributed by atoms with van der Waals surface area (Å²) in [4.78, 5) is 3.64. The predicted molar refractivity (Wildman–Crippen MR) is 152 cm³/mol. The van der Waals surface area contributed by atoms with Crippen LogP contribution >= 0.6 is 0 Å². The Morgan fingerprint density at radius 1 is 0.714 bits per heavy atom. The van der Waals surface area contributed by atoms with Gasteiger partial charge in [0.25, 0.3) is 0 Å². The third-order valence-corrected chi connectivity index (χ3v) is 7.56. The smallest absolute Gasteiger partial charge is 0.0544 e. The molecule has 0 spiro atoms. The minimum absolute atomic E-state index is 0.0653. The van der Waals surface area contributed by atoms with Crippen LogP contribution in [0.5, 0.6) is 0 Å². The van der Waals surface area contributed by atoms with Crippen molar-refractivity contribution in [2.75, 3.05) is 0 Å². The van der Waals surface area contributed by atoms with Crippen molar-refractivity contribution in [2.24, 2.45) is 0 Å². The lowest BCUT2D eigenvalue weighted by molar-refractivity contribution is 0.661. The van der Waals surface area contributed by atoms with E-state index in [0.29, 0.717) is 0 Å². The van der Waals surface area contributed by atoms with Gasteiger partial charge >= 0.3 is 0 Å². The molecule has 170 valence electrons. The second-order valence-corrected chi connectivity index (χ2v) is 9.85. The summed E-state index contributed by atoms with van der Waals surface area (Å²) in [5.41, 5.74) is 12.7. The molecule has 0 saturated carbocycles. The zero-order chi connectivity index (χ0) is 24.2. The number of allylic oxidation sites excluding steroid dienone is 5. The molecule has 1 nitrogen and oxygen atoms in total. The van der Waals surface area contributed by atoms with Gasteiger partial charge in [-0.25, -0.2) is 0 Å². The fourth-order valence-electron chi connectivity index (χ4n) is 6.06. The fraction of sp³-hybridized carbons (Fsp3) is 0.118. The van der Waals surface area contributed by atoms with Gasteiger partial charge in [0.2, 0.25) is 0 Å². The van der Waals surface area contributed by atoms with Gasteiger partial charge in [0.1, 0.15) is 0 Å². The van der Waals surface area contributed by atoms with Gasteiger partial charge in [0.05, 0.1) is 5.52 Å². The van der Waals surface area contributed by atoms with E-state index in [-0.39, 0.29) is 5.41 Å². The lowest BCUT2D eigenvalue weighted by Crippen LogP contribution is -2.16. The normalized spacial score (nSPS) is 16.9. The number of rotatable bonds is 3. The number of nitrogens with one attached hydrogen (secondary N) is 1. The second-order valence-electron chi connectivity index (χ2n) is 9.85. The number of para-hydroxylation sites is 2. The largest absolute Gasteiger partial charge is 0.354 e. The van der Waals surface area contributed by atoms with Crippen LogP contribution in [0.1, 0.15) is 31.9 Å². The van der Waals surface area contributed by atoms with Crippen LogP contribution in [0.25, 0.3) is 49.6 Å². The number of H-pyrrole nitrogens is 1. The Labute approximate surface area is 207 Å². The molecule has 0 unspecified atom stereocenters. The Morgan fingerprint density at radius 2 is 1.34 bits per heavy atom. The summed E-state index contributed by atoms with van der Waals surface area (Å²) in [5.74, 6) is 0. The van der Waals surface area contributed by atoms with Crippen molar-refractivity contribution in [1.82, 2.24) is 4.98 Å². The average molecular weight is 452 g/mol. The molecule has 1 aliphatic rings. The Balaban J connectivity index is 1.48. The summed E-state index contributed by atoms with van der Waals surface area (Å²) in [6, 6.07) is 30.8. The zero-order valence-corrected chi connectivity index (χ0v) is 20.5. The molecule has 0 fully saturated rings. The fourth-order valence-corrected chi connectivity index (χ4v) is 6.06. The number of hydrogen-bond acceptors (Lipinski definition) is 0. The monoisotopic (exact) mass is 451 g/mol. The highest BCUT2D eigenvalue weighted by Crippen LogP contribution is 2.53. The van der Waals surface area contributed by atoms with E-state index in [1.807, 2.05) is 6.08 Å². The predicted octanol–water partition coefficient (Wildman–Crippen LogP) is 9.46. The van der Waals surface area contributed by atoms with Gasteiger partial charge in [-0.1, -0.05) is 118 Å². The van der Waals surface area contributed by atoms with E-state index < -0.39 is 0 Å². The molecular weight excluding hydrogens is 422 g/mol. The van der Waals surface area contributed by atoms with Crippen LogP contribution in [-0.2, 0) is 5.41 Å². The van der Waals surface area contributed by atoms with Crippen LogP contribution < -0.4 is 0 Å². The molecule has 1 heterocycles. The Hall–Kier alpha value is -4.10. The summed E-state index contributed by atoms with van der Waals surface area (Å²) < 4.78 is 0. The van der Waals surface area contributed by atoms with E-state index in [0.717, 1.165) is 0 Å². The molecule has 6 rings (SSSR count). The first-order chi connectivity index (χ1) is 17.0. The molecule has 5 aromatic rings. The maximum Gasteiger partial charge on any atom is 0.0544 e. The summed E-state index contributed by atoms with van der Waals surface area (Å²) >= 11 is 0. The number of aromatic nitrogens is 1. The van der Waals surface area contributed by atoms with Crippen LogP contribution in [0.4, 0.5) is 0 Å². The quantitative estimate of drug-likeness (QED) is 0.281. The van der Waals surface area contributed by atoms with Gasteiger partial charge in [-0.15, -0.1) is 0 Å². The van der Waals surface area contributed by atoms with Gasteiger partial charge in [0, 0.05) is 27.3 Å². The van der Waals surface area contributed by atoms with Crippen molar-refractivity contribution >= 4 is 27.4 Å². The van der Waals surface area contributed by atoms with E-state index in [4.69, 9.17) is 0 Å². The van der Waals surface area contributed by atoms with Crippen molar-refractivity contribution in [3.05, 3.63) is 126 Å². The van der Waals surface area contributed by atoms with Gasteiger partial charge in [-0.3, -0.25) is 0 Å². The third-order valence-electron chi connectivity index (χ3n) is 7.56. The van der Waals surface area contributed by atoms with Crippen molar-refractivity contribution < 1.29 is 0 Å². The van der Waals surface area contributed by atoms with Gasteiger partial charge in [-0.2, -0.15) is 0 Å².